The highest BCUT2D eigenvalue weighted by atomic mass is 16.3. The molecule has 2 aromatic heterocycles. The quantitative estimate of drug-likeness (QED) is 0.779. The maximum absolute atomic E-state index is 12.1. The number of hydrogen-bond acceptors (Lipinski definition) is 5. The highest BCUT2D eigenvalue weighted by Gasteiger charge is 2.18. The molecule has 124 valence electrons. The summed E-state index contributed by atoms with van der Waals surface area (Å²) >= 11 is 0. The van der Waals surface area contributed by atoms with Crippen LogP contribution in [-0.2, 0) is 18.4 Å². The standard InChI is InChI=1S/C15H20N4O4/c1-17(2)11(12-5-4-8-23-12)9-16-13(20)10-19-7-6-14(21)18(3)15(19)22/h4-8,11H,9-10H2,1-3H3,(H,16,20). The Bertz CT molecular complexity index is 774. The second-order valence-corrected chi connectivity index (χ2v) is 5.42. The number of likely N-dealkylation sites (N-methyl/N-ethyl adjacent to an activating group) is 1. The fourth-order valence-corrected chi connectivity index (χ4v) is 2.18. The van der Waals surface area contributed by atoms with Crippen molar-refractivity contribution in [3.05, 3.63) is 57.3 Å². The molecule has 1 unspecified atom stereocenters. The van der Waals surface area contributed by atoms with Gasteiger partial charge >= 0.3 is 5.69 Å². The number of carbonyl (C=O) groups is 1. The third kappa shape index (κ3) is 3.98. The largest absolute Gasteiger partial charge is 0.468 e. The van der Waals surface area contributed by atoms with Gasteiger partial charge in [-0.15, -0.1) is 0 Å². The van der Waals surface area contributed by atoms with E-state index < -0.39 is 11.2 Å². The first-order valence-corrected chi connectivity index (χ1v) is 7.13. The summed E-state index contributed by atoms with van der Waals surface area (Å²) in [7, 11) is 5.14. The summed E-state index contributed by atoms with van der Waals surface area (Å²) in [6, 6.07) is 4.78. The maximum Gasteiger partial charge on any atom is 0.331 e. The fraction of sp³-hybridized carbons (Fsp3) is 0.400. The number of nitrogens with zero attached hydrogens (tertiary/aromatic N) is 3. The minimum atomic E-state index is -0.525. The van der Waals surface area contributed by atoms with Crippen LogP contribution in [0.2, 0.25) is 0 Å². The van der Waals surface area contributed by atoms with Gasteiger partial charge in [0.25, 0.3) is 5.56 Å². The number of nitrogens with one attached hydrogen (secondary N) is 1. The van der Waals surface area contributed by atoms with E-state index in [9.17, 15) is 14.4 Å². The van der Waals surface area contributed by atoms with Crippen LogP contribution in [0.25, 0.3) is 0 Å². The van der Waals surface area contributed by atoms with Gasteiger partial charge < -0.3 is 9.73 Å². The van der Waals surface area contributed by atoms with Crippen molar-refractivity contribution in [2.45, 2.75) is 12.6 Å². The van der Waals surface area contributed by atoms with Crippen molar-refractivity contribution in [2.75, 3.05) is 20.6 Å². The van der Waals surface area contributed by atoms with Crippen molar-refractivity contribution < 1.29 is 9.21 Å². The van der Waals surface area contributed by atoms with Crippen LogP contribution in [-0.4, -0.2) is 40.6 Å². The Morgan fingerprint density at radius 2 is 2.09 bits per heavy atom. The van der Waals surface area contributed by atoms with Gasteiger partial charge in [-0.05, 0) is 26.2 Å². The lowest BCUT2D eigenvalue weighted by molar-refractivity contribution is -0.122. The lowest BCUT2D eigenvalue weighted by atomic mass is 10.2. The number of hydrogen-bond donors (Lipinski definition) is 1. The van der Waals surface area contributed by atoms with E-state index in [0.29, 0.717) is 6.54 Å². The van der Waals surface area contributed by atoms with Gasteiger partial charge in [-0.1, -0.05) is 0 Å². The minimum absolute atomic E-state index is 0.106. The Balaban J connectivity index is 2.01. The van der Waals surface area contributed by atoms with E-state index in [-0.39, 0.29) is 18.5 Å². The van der Waals surface area contributed by atoms with E-state index in [2.05, 4.69) is 5.32 Å². The van der Waals surface area contributed by atoms with Crippen LogP contribution in [0.3, 0.4) is 0 Å². The molecule has 0 fully saturated rings. The average molecular weight is 320 g/mol. The summed E-state index contributed by atoms with van der Waals surface area (Å²) in [4.78, 5) is 37.2. The topological polar surface area (TPSA) is 89.5 Å². The molecule has 2 rings (SSSR count). The Labute approximate surface area is 132 Å². The zero-order valence-corrected chi connectivity index (χ0v) is 13.4. The van der Waals surface area contributed by atoms with E-state index in [0.717, 1.165) is 10.3 Å². The molecule has 8 nitrogen and oxygen atoms in total. The SMILES string of the molecule is CN(C)C(CNC(=O)Cn1ccc(=O)n(C)c1=O)c1ccco1. The number of carbonyl (C=O) groups excluding carboxylic acids is 1. The summed E-state index contributed by atoms with van der Waals surface area (Å²) < 4.78 is 7.52. The molecular formula is C15H20N4O4. The zero-order chi connectivity index (χ0) is 17.0. The van der Waals surface area contributed by atoms with Crippen LogP contribution in [0.15, 0.2) is 44.7 Å². The Kier molecular flexibility index (Phi) is 5.17. The molecule has 0 aliphatic carbocycles. The molecule has 0 saturated heterocycles. The Hall–Kier alpha value is -2.61. The van der Waals surface area contributed by atoms with Gasteiger partial charge in [-0.3, -0.25) is 23.6 Å². The van der Waals surface area contributed by atoms with E-state index in [4.69, 9.17) is 4.42 Å². The molecule has 2 heterocycles. The minimum Gasteiger partial charge on any atom is -0.468 e. The van der Waals surface area contributed by atoms with Crippen molar-refractivity contribution >= 4 is 5.91 Å². The highest BCUT2D eigenvalue weighted by Crippen LogP contribution is 2.17. The molecule has 23 heavy (non-hydrogen) atoms. The third-order valence-corrected chi connectivity index (χ3v) is 3.56. The molecule has 0 aromatic carbocycles. The first-order chi connectivity index (χ1) is 10.9. The van der Waals surface area contributed by atoms with Crippen molar-refractivity contribution in [1.82, 2.24) is 19.4 Å². The predicted octanol–water partition coefficient (Wildman–Crippen LogP) is -0.441. The van der Waals surface area contributed by atoms with Crippen molar-refractivity contribution in [3.63, 3.8) is 0 Å². The second kappa shape index (κ2) is 7.10. The van der Waals surface area contributed by atoms with Crippen LogP contribution in [0.1, 0.15) is 11.8 Å². The first kappa shape index (κ1) is 16.8. The van der Waals surface area contributed by atoms with E-state index in [1.807, 2.05) is 25.1 Å². The molecule has 1 amide bonds. The van der Waals surface area contributed by atoms with Crippen LogP contribution < -0.4 is 16.6 Å². The van der Waals surface area contributed by atoms with Gasteiger partial charge in [-0.2, -0.15) is 0 Å². The van der Waals surface area contributed by atoms with Crippen molar-refractivity contribution in [1.29, 1.82) is 0 Å². The monoisotopic (exact) mass is 320 g/mol. The summed E-state index contributed by atoms with van der Waals surface area (Å²) in [5, 5.41) is 2.77. The zero-order valence-electron chi connectivity index (χ0n) is 13.4. The molecule has 0 saturated carbocycles. The van der Waals surface area contributed by atoms with Gasteiger partial charge in [0.05, 0.1) is 12.3 Å². The second-order valence-electron chi connectivity index (χ2n) is 5.42. The molecule has 0 radical (unpaired) electrons. The van der Waals surface area contributed by atoms with Gasteiger partial charge in [0.2, 0.25) is 5.91 Å². The number of aromatic nitrogens is 2. The van der Waals surface area contributed by atoms with Crippen molar-refractivity contribution in [3.8, 4) is 0 Å². The molecule has 1 atom stereocenters. The highest BCUT2D eigenvalue weighted by molar-refractivity contribution is 5.75. The molecule has 0 aliphatic rings. The summed E-state index contributed by atoms with van der Waals surface area (Å²) in [5.41, 5.74) is -0.931. The first-order valence-electron chi connectivity index (χ1n) is 7.13. The smallest absolute Gasteiger partial charge is 0.331 e. The normalized spacial score (nSPS) is 12.3. The predicted molar refractivity (Wildman–Crippen MR) is 84.1 cm³/mol. The van der Waals surface area contributed by atoms with Crippen LogP contribution >= 0.6 is 0 Å². The average Bonchev–Trinajstić information content (AvgIpc) is 3.02. The van der Waals surface area contributed by atoms with E-state index in [1.54, 1.807) is 12.3 Å². The Morgan fingerprint density at radius 1 is 1.35 bits per heavy atom. The molecular weight excluding hydrogens is 300 g/mol. The molecule has 8 heteroatoms. The van der Waals surface area contributed by atoms with E-state index >= 15 is 0 Å². The summed E-state index contributed by atoms with van der Waals surface area (Å²) in [6.07, 6.45) is 2.90. The van der Waals surface area contributed by atoms with Gasteiger partial charge in [0, 0.05) is 25.9 Å². The van der Waals surface area contributed by atoms with Crippen molar-refractivity contribution in [2.24, 2.45) is 7.05 Å². The van der Waals surface area contributed by atoms with E-state index in [1.165, 1.54) is 23.9 Å². The van der Waals surface area contributed by atoms with Gasteiger partial charge in [0.15, 0.2) is 0 Å². The number of amides is 1. The van der Waals surface area contributed by atoms with Crippen LogP contribution in [0.5, 0.6) is 0 Å². The number of rotatable bonds is 6. The van der Waals surface area contributed by atoms with Gasteiger partial charge in [0.1, 0.15) is 12.3 Å². The summed E-state index contributed by atoms with van der Waals surface area (Å²) in [5.74, 6) is 0.429. The Morgan fingerprint density at radius 3 is 2.70 bits per heavy atom. The molecule has 0 aliphatic heterocycles. The lowest BCUT2D eigenvalue weighted by Gasteiger charge is -2.22. The van der Waals surface area contributed by atoms with Crippen LogP contribution in [0, 0.1) is 0 Å². The third-order valence-electron chi connectivity index (χ3n) is 3.56. The lowest BCUT2D eigenvalue weighted by Crippen LogP contribution is -2.41. The molecule has 0 spiro atoms. The summed E-state index contributed by atoms with van der Waals surface area (Å²) in [6.45, 7) is 0.200. The number of furan rings is 1. The fourth-order valence-electron chi connectivity index (χ4n) is 2.18. The molecule has 0 bridgehead atoms. The molecule has 1 N–H and O–H groups in total. The molecule has 2 aromatic rings. The van der Waals surface area contributed by atoms with Crippen LogP contribution in [0.4, 0.5) is 0 Å². The maximum atomic E-state index is 12.1. The van der Waals surface area contributed by atoms with Gasteiger partial charge in [-0.25, -0.2) is 4.79 Å².